The highest BCUT2D eigenvalue weighted by molar-refractivity contribution is 5.53. The van der Waals surface area contributed by atoms with Crippen LogP contribution in [-0.2, 0) is 6.42 Å². The van der Waals surface area contributed by atoms with E-state index in [0.717, 1.165) is 18.9 Å². The van der Waals surface area contributed by atoms with Crippen LogP contribution in [0.15, 0.2) is 28.8 Å². The third kappa shape index (κ3) is 1.56. The van der Waals surface area contributed by atoms with Crippen LogP contribution in [0.4, 0.5) is 5.69 Å². The number of hydrogen-bond donors (Lipinski definition) is 1. The smallest absolute Gasteiger partial charge is 0.231 e. The molecule has 0 aliphatic carbocycles. The summed E-state index contributed by atoms with van der Waals surface area (Å²) in [4.78, 5) is 4.29. The third-order valence-corrected chi connectivity index (χ3v) is 2.92. The Morgan fingerprint density at radius 1 is 1.38 bits per heavy atom. The summed E-state index contributed by atoms with van der Waals surface area (Å²) in [5.74, 6) is 1.73. The SMILES string of the molecule is Cc1noc(C2CNc3ccccc3C2)n1. The maximum atomic E-state index is 5.22. The monoisotopic (exact) mass is 215 g/mol. The summed E-state index contributed by atoms with van der Waals surface area (Å²) in [6.07, 6.45) is 0.963. The number of nitrogens with one attached hydrogen (secondary N) is 1. The highest BCUT2D eigenvalue weighted by Gasteiger charge is 2.23. The lowest BCUT2D eigenvalue weighted by Gasteiger charge is -2.23. The average Bonchev–Trinajstić information content (AvgIpc) is 2.75. The van der Waals surface area contributed by atoms with E-state index < -0.39 is 0 Å². The van der Waals surface area contributed by atoms with Crippen LogP contribution in [0.1, 0.15) is 23.2 Å². The summed E-state index contributed by atoms with van der Waals surface area (Å²) >= 11 is 0. The van der Waals surface area contributed by atoms with Crippen molar-refractivity contribution in [3.8, 4) is 0 Å². The van der Waals surface area contributed by atoms with Crippen LogP contribution in [0.3, 0.4) is 0 Å². The Morgan fingerprint density at radius 3 is 3.06 bits per heavy atom. The van der Waals surface area contributed by atoms with Gasteiger partial charge in [-0.1, -0.05) is 23.4 Å². The predicted octanol–water partition coefficient (Wildman–Crippen LogP) is 2.13. The van der Waals surface area contributed by atoms with Gasteiger partial charge in [0.15, 0.2) is 5.82 Å². The highest BCUT2D eigenvalue weighted by atomic mass is 16.5. The van der Waals surface area contributed by atoms with Gasteiger partial charge in [-0.2, -0.15) is 4.98 Å². The summed E-state index contributed by atoms with van der Waals surface area (Å²) in [5.41, 5.74) is 2.53. The molecule has 82 valence electrons. The highest BCUT2D eigenvalue weighted by Crippen LogP contribution is 2.29. The van der Waals surface area contributed by atoms with Crippen LogP contribution in [-0.4, -0.2) is 16.7 Å². The van der Waals surface area contributed by atoms with Crippen LogP contribution < -0.4 is 5.32 Å². The molecule has 0 radical (unpaired) electrons. The normalized spacial score (nSPS) is 18.9. The Labute approximate surface area is 93.7 Å². The lowest BCUT2D eigenvalue weighted by molar-refractivity contribution is 0.351. The van der Waals surface area contributed by atoms with Crippen molar-refractivity contribution < 1.29 is 4.52 Å². The summed E-state index contributed by atoms with van der Waals surface area (Å²) < 4.78 is 5.22. The molecule has 0 saturated carbocycles. The Balaban J connectivity index is 1.88. The van der Waals surface area contributed by atoms with Crippen molar-refractivity contribution in [2.75, 3.05) is 11.9 Å². The van der Waals surface area contributed by atoms with E-state index in [1.54, 1.807) is 0 Å². The molecule has 1 aromatic heterocycles. The minimum absolute atomic E-state index is 0.288. The van der Waals surface area contributed by atoms with E-state index in [1.807, 2.05) is 13.0 Å². The maximum Gasteiger partial charge on any atom is 0.231 e. The zero-order chi connectivity index (χ0) is 11.0. The van der Waals surface area contributed by atoms with Gasteiger partial charge in [-0.25, -0.2) is 0 Å². The molecular formula is C12H13N3O. The Kier molecular flexibility index (Phi) is 2.13. The molecular weight excluding hydrogens is 202 g/mol. The number of rotatable bonds is 1. The number of hydrogen-bond acceptors (Lipinski definition) is 4. The number of anilines is 1. The van der Waals surface area contributed by atoms with E-state index in [0.29, 0.717) is 5.82 Å². The molecule has 1 aliphatic rings. The summed E-state index contributed by atoms with van der Waals surface area (Å²) in [7, 11) is 0. The molecule has 0 bridgehead atoms. The molecule has 1 N–H and O–H groups in total. The van der Waals surface area contributed by atoms with Gasteiger partial charge in [0.1, 0.15) is 0 Å². The second-order valence-corrected chi connectivity index (χ2v) is 4.12. The first-order chi connectivity index (χ1) is 7.83. The largest absolute Gasteiger partial charge is 0.384 e. The topological polar surface area (TPSA) is 51.0 Å². The zero-order valence-corrected chi connectivity index (χ0v) is 9.10. The van der Waals surface area contributed by atoms with Gasteiger partial charge < -0.3 is 9.84 Å². The van der Waals surface area contributed by atoms with Crippen LogP contribution in [0.2, 0.25) is 0 Å². The van der Waals surface area contributed by atoms with Gasteiger partial charge in [-0.05, 0) is 25.0 Å². The molecule has 0 fully saturated rings. The second-order valence-electron chi connectivity index (χ2n) is 4.12. The molecule has 0 spiro atoms. The Morgan fingerprint density at radius 2 is 2.25 bits per heavy atom. The molecule has 1 aliphatic heterocycles. The predicted molar refractivity (Wildman–Crippen MR) is 60.4 cm³/mol. The van der Waals surface area contributed by atoms with Crippen LogP contribution in [0, 0.1) is 6.92 Å². The fourth-order valence-corrected chi connectivity index (χ4v) is 2.10. The van der Waals surface area contributed by atoms with Crippen molar-refractivity contribution >= 4 is 5.69 Å². The average molecular weight is 215 g/mol. The van der Waals surface area contributed by atoms with Crippen molar-refractivity contribution in [2.45, 2.75) is 19.3 Å². The number of aromatic nitrogens is 2. The van der Waals surface area contributed by atoms with E-state index >= 15 is 0 Å². The molecule has 0 amide bonds. The van der Waals surface area contributed by atoms with Gasteiger partial charge in [0.05, 0.1) is 5.92 Å². The number of nitrogens with zero attached hydrogens (tertiary/aromatic N) is 2. The van der Waals surface area contributed by atoms with Gasteiger partial charge in [0, 0.05) is 12.2 Å². The third-order valence-electron chi connectivity index (χ3n) is 2.92. The molecule has 1 atom stereocenters. The minimum atomic E-state index is 0.288. The van der Waals surface area contributed by atoms with Crippen LogP contribution in [0.25, 0.3) is 0 Å². The van der Waals surface area contributed by atoms with Gasteiger partial charge in [0.25, 0.3) is 0 Å². The molecule has 2 heterocycles. The van der Waals surface area contributed by atoms with Crippen LogP contribution >= 0.6 is 0 Å². The van der Waals surface area contributed by atoms with Crippen molar-refractivity contribution in [1.29, 1.82) is 0 Å². The van der Waals surface area contributed by atoms with Crippen LogP contribution in [0.5, 0.6) is 0 Å². The number of para-hydroxylation sites is 1. The fraction of sp³-hybridized carbons (Fsp3) is 0.333. The first-order valence-corrected chi connectivity index (χ1v) is 5.45. The second kappa shape index (κ2) is 3.63. The van der Waals surface area contributed by atoms with Crippen molar-refractivity contribution in [1.82, 2.24) is 10.1 Å². The van der Waals surface area contributed by atoms with Gasteiger partial charge >= 0.3 is 0 Å². The van der Waals surface area contributed by atoms with Gasteiger partial charge in [0.2, 0.25) is 5.89 Å². The first kappa shape index (κ1) is 9.39. The van der Waals surface area contributed by atoms with Crippen molar-refractivity contribution in [3.05, 3.63) is 41.5 Å². The van der Waals surface area contributed by atoms with E-state index in [2.05, 4.69) is 33.7 Å². The lowest BCUT2D eigenvalue weighted by atomic mass is 9.94. The van der Waals surface area contributed by atoms with E-state index in [1.165, 1.54) is 11.3 Å². The quantitative estimate of drug-likeness (QED) is 0.791. The molecule has 1 aromatic carbocycles. The molecule has 2 aromatic rings. The molecule has 1 unspecified atom stereocenters. The zero-order valence-electron chi connectivity index (χ0n) is 9.10. The Hall–Kier alpha value is -1.84. The summed E-state index contributed by atoms with van der Waals surface area (Å²) in [6.45, 7) is 2.70. The molecule has 0 saturated heterocycles. The summed E-state index contributed by atoms with van der Waals surface area (Å²) in [6, 6.07) is 8.34. The maximum absolute atomic E-state index is 5.22. The van der Waals surface area contributed by atoms with E-state index in [9.17, 15) is 0 Å². The number of fused-ring (bicyclic) bond motifs is 1. The number of aryl methyl sites for hydroxylation is 1. The molecule has 4 heteroatoms. The van der Waals surface area contributed by atoms with E-state index in [-0.39, 0.29) is 5.92 Å². The van der Waals surface area contributed by atoms with Gasteiger partial charge in [-0.3, -0.25) is 0 Å². The fourth-order valence-electron chi connectivity index (χ4n) is 2.10. The molecule has 16 heavy (non-hydrogen) atoms. The standard InChI is InChI=1S/C12H13N3O/c1-8-14-12(16-15-8)10-6-9-4-2-3-5-11(9)13-7-10/h2-5,10,13H,6-7H2,1H3. The van der Waals surface area contributed by atoms with Crippen molar-refractivity contribution in [2.24, 2.45) is 0 Å². The number of benzene rings is 1. The van der Waals surface area contributed by atoms with Gasteiger partial charge in [-0.15, -0.1) is 0 Å². The molecule has 3 rings (SSSR count). The van der Waals surface area contributed by atoms with Crippen molar-refractivity contribution in [3.63, 3.8) is 0 Å². The molecule has 4 nitrogen and oxygen atoms in total. The van der Waals surface area contributed by atoms with E-state index in [4.69, 9.17) is 4.52 Å². The minimum Gasteiger partial charge on any atom is -0.384 e. The lowest BCUT2D eigenvalue weighted by Crippen LogP contribution is -2.21. The first-order valence-electron chi connectivity index (χ1n) is 5.45. The Bertz CT molecular complexity index is 506. The summed E-state index contributed by atoms with van der Waals surface area (Å²) in [5, 5.41) is 7.23.